The lowest BCUT2D eigenvalue weighted by molar-refractivity contribution is -0.150. The van der Waals surface area contributed by atoms with Crippen molar-refractivity contribution in [2.24, 2.45) is 0 Å². The number of hydrogen-bond donors (Lipinski definition) is 3. The number of fused-ring (bicyclic) bond motifs is 1. The minimum atomic E-state index is -0.553. The fourth-order valence-corrected chi connectivity index (χ4v) is 2.77. The van der Waals surface area contributed by atoms with E-state index >= 15 is 0 Å². The lowest BCUT2D eigenvalue weighted by atomic mass is 9.92. The molecule has 0 saturated carbocycles. The Morgan fingerprint density at radius 3 is 2.57 bits per heavy atom. The number of cyclic esters (lactones) is 1. The largest absolute Gasteiger partial charge is 0.504 e. The number of benzene rings is 1. The molecule has 1 unspecified atom stereocenters. The van der Waals surface area contributed by atoms with Crippen LogP contribution in [0.1, 0.15) is 62.7 Å². The van der Waals surface area contributed by atoms with E-state index in [1.54, 1.807) is 0 Å². The van der Waals surface area contributed by atoms with Crippen LogP contribution in [0.3, 0.4) is 0 Å². The number of hydrogen-bond acceptors (Lipinski definition) is 5. The molecule has 0 aliphatic carbocycles. The van der Waals surface area contributed by atoms with Crippen molar-refractivity contribution in [3.8, 4) is 17.2 Å². The van der Waals surface area contributed by atoms with Gasteiger partial charge in [0.15, 0.2) is 11.5 Å². The van der Waals surface area contributed by atoms with Crippen LogP contribution < -0.4 is 0 Å². The maximum atomic E-state index is 11.6. The normalized spacial score (nSPS) is 17.4. The van der Waals surface area contributed by atoms with Crippen molar-refractivity contribution in [2.75, 3.05) is 0 Å². The second-order valence-corrected chi connectivity index (χ2v) is 5.52. The summed E-state index contributed by atoms with van der Waals surface area (Å²) in [5.41, 5.74) is 0.956. The average molecular weight is 294 g/mol. The molecule has 0 amide bonds. The molecule has 1 aromatic carbocycles. The third kappa shape index (κ3) is 3.40. The van der Waals surface area contributed by atoms with Crippen LogP contribution in [0.4, 0.5) is 0 Å². The summed E-state index contributed by atoms with van der Waals surface area (Å²) in [7, 11) is 0. The van der Waals surface area contributed by atoms with Crippen LogP contribution in [0.25, 0.3) is 0 Å². The molecular weight excluding hydrogens is 272 g/mol. The molecule has 0 saturated heterocycles. The number of phenolic OH excluding ortho intramolecular Hbond substituents is 3. The summed E-state index contributed by atoms with van der Waals surface area (Å²) >= 11 is 0. The van der Waals surface area contributed by atoms with E-state index in [9.17, 15) is 20.1 Å². The van der Waals surface area contributed by atoms with Gasteiger partial charge in [-0.3, -0.25) is 4.79 Å². The Morgan fingerprint density at radius 2 is 1.86 bits per heavy atom. The lowest BCUT2D eigenvalue weighted by Gasteiger charge is -2.27. The first-order chi connectivity index (χ1) is 10.0. The SMILES string of the molecule is CCCCCCCC1OC(=O)Cc2cc(O)c(O)c(O)c21. The number of esters is 1. The van der Waals surface area contributed by atoms with E-state index in [0.717, 1.165) is 25.7 Å². The summed E-state index contributed by atoms with van der Waals surface area (Å²) in [5, 5.41) is 29.2. The molecule has 0 fully saturated rings. The van der Waals surface area contributed by atoms with E-state index in [0.29, 0.717) is 17.5 Å². The number of ether oxygens (including phenoxy) is 1. The van der Waals surface area contributed by atoms with Crippen LogP contribution in [0.2, 0.25) is 0 Å². The molecule has 1 atom stereocenters. The summed E-state index contributed by atoms with van der Waals surface area (Å²) in [6, 6.07) is 1.33. The Hall–Kier alpha value is -1.91. The zero-order chi connectivity index (χ0) is 15.4. The summed E-state index contributed by atoms with van der Waals surface area (Å²) in [4.78, 5) is 11.6. The van der Waals surface area contributed by atoms with Gasteiger partial charge in [0.1, 0.15) is 6.10 Å². The monoisotopic (exact) mass is 294 g/mol. The standard InChI is InChI=1S/C16H22O5/c1-2-3-4-5-6-7-12-14-10(9-13(18)21-12)8-11(17)15(19)16(14)20/h8,12,17,19-20H,2-7,9H2,1H3. The van der Waals surface area contributed by atoms with Gasteiger partial charge in [-0.2, -0.15) is 0 Å². The maximum absolute atomic E-state index is 11.6. The quantitative estimate of drug-likeness (QED) is 0.425. The highest BCUT2D eigenvalue weighted by molar-refractivity contribution is 5.77. The van der Waals surface area contributed by atoms with Gasteiger partial charge in [-0.15, -0.1) is 0 Å². The first-order valence-electron chi connectivity index (χ1n) is 7.50. The summed E-state index contributed by atoms with van der Waals surface area (Å²) < 4.78 is 5.30. The Bertz CT molecular complexity index is 524. The zero-order valence-corrected chi connectivity index (χ0v) is 12.3. The lowest BCUT2D eigenvalue weighted by Crippen LogP contribution is -2.21. The molecule has 0 bridgehead atoms. The fraction of sp³-hybridized carbons (Fsp3) is 0.562. The van der Waals surface area contributed by atoms with E-state index in [4.69, 9.17) is 4.74 Å². The van der Waals surface area contributed by atoms with Crippen LogP contribution in [-0.2, 0) is 16.0 Å². The minimum Gasteiger partial charge on any atom is -0.504 e. The molecule has 3 N–H and O–H groups in total. The number of phenols is 3. The Kier molecular flexibility index (Phi) is 4.94. The first-order valence-corrected chi connectivity index (χ1v) is 7.50. The molecule has 0 aromatic heterocycles. The van der Waals surface area contributed by atoms with Crippen LogP contribution in [0.15, 0.2) is 6.07 Å². The zero-order valence-electron chi connectivity index (χ0n) is 12.3. The summed E-state index contributed by atoms with van der Waals surface area (Å²) in [6.07, 6.45) is 5.48. The Balaban J connectivity index is 2.14. The maximum Gasteiger partial charge on any atom is 0.310 e. The van der Waals surface area contributed by atoms with Gasteiger partial charge in [0.2, 0.25) is 5.75 Å². The van der Waals surface area contributed by atoms with E-state index in [-0.39, 0.29) is 18.1 Å². The Labute approximate surface area is 124 Å². The second kappa shape index (κ2) is 6.70. The van der Waals surface area contributed by atoms with Crippen LogP contribution in [-0.4, -0.2) is 21.3 Å². The minimum absolute atomic E-state index is 0.00304. The first kappa shape index (κ1) is 15.5. The van der Waals surface area contributed by atoms with Gasteiger partial charge in [0.25, 0.3) is 0 Å². The number of aromatic hydroxyl groups is 3. The van der Waals surface area contributed by atoms with Crippen molar-refractivity contribution < 1.29 is 24.9 Å². The van der Waals surface area contributed by atoms with Crippen molar-refractivity contribution >= 4 is 5.97 Å². The van der Waals surface area contributed by atoms with Gasteiger partial charge in [0.05, 0.1) is 6.42 Å². The smallest absolute Gasteiger partial charge is 0.310 e. The van der Waals surface area contributed by atoms with E-state index in [2.05, 4.69) is 6.92 Å². The van der Waals surface area contributed by atoms with Crippen molar-refractivity contribution in [3.05, 3.63) is 17.2 Å². The second-order valence-electron chi connectivity index (χ2n) is 5.52. The highest BCUT2D eigenvalue weighted by Gasteiger charge is 2.31. The van der Waals surface area contributed by atoms with E-state index in [1.165, 1.54) is 12.5 Å². The fourth-order valence-electron chi connectivity index (χ4n) is 2.77. The van der Waals surface area contributed by atoms with Gasteiger partial charge in [-0.25, -0.2) is 0 Å². The van der Waals surface area contributed by atoms with Crippen LogP contribution >= 0.6 is 0 Å². The van der Waals surface area contributed by atoms with Crippen molar-refractivity contribution in [1.82, 2.24) is 0 Å². The molecule has 1 aliphatic heterocycles. The highest BCUT2D eigenvalue weighted by Crippen LogP contribution is 2.46. The van der Waals surface area contributed by atoms with Crippen molar-refractivity contribution in [2.45, 2.75) is 58.0 Å². The van der Waals surface area contributed by atoms with Crippen LogP contribution in [0.5, 0.6) is 17.2 Å². The summed E-state index contributed by atoms with van der Waals surface area (Å²) in [5.74, 6) is -1.72. The topological polar surface area (TPSA) is 87.0 Å². The Morgan fingerprint density at radius 1 is 1.14 bits per heavy atom. The number of rotatable bonds is 6. The predicted molar refractivity (Wildman–Crippen MR) is 77.3 cm³/mol. The molecule has 1 aliphatic rings. The predicted octanol–water partition coefficient (Wildman–Crippen LogP) is 3.30. The molecule has 116 valence electrons. The van der Waals surface area contributed by atoms with Gasteiger partial charge < -0.3 is 20.1 Å². The van der Waals surface area contributed by atoms with Gasteiger partial charge in [0, 0.05) is 5.56 Å². The summed E-state index contributed by atoms with van der Waals surface area (Å²) in [6.45, 7) is 2.15. The molecule has 1 heterocycles. The third-order valence-electron chi connectivity index (χ3n) is 3.88. The molecule has 5 nitrogen and oxygen atoms in total. The van der Waals surface area contributed by atoms with Crippen molar-refractivity contribution in [1.29, 1.82) is 0 Å². The molecule has 21 heavy (non-hydrogen) atoms. The third-order valence-corrected chi connectivity index (χ3v) is 3.88. The van der Waals surface area contributed by atoms with Crippen molar-refractivity contribution in [3.63, 3.8) is 0 Å². The van der Waals surface area contributed by atoms with E-state index < -0.39 is 17.6 Å². The molecule has 1 aromatic rings. The highest BCUT2D eigenvalue weighted by atomic mass is 16.5. The molecule has 2 rings (SSSR count). The molecule has 0 spiro atoms. The number of unbranched alkanes of at least 4 members (excludes halogenated alkanes) is 4. The molecule has 5 heteroatoms. The molecule has 0 radical (unpaired) electrons. The van der Waals surface area contributed by atoms with Crippen LogP contribution in [0, 0.1) is 0 Å². The van der Waals surface area contributed by atoms with E-state index in [1.807, 2.05) is 0 Å². The van der Waals surface area contributed by atoms with Gasteiger partial charge in [-0.1, -0.05) is 32.6 Å². The van der Waals surface area contributed by atoms with Gasteiger partial charge in [-0.05, 0) is 24.5 Å². The molecular formula is C16H22O5. The number of carbonyl (C=O) groups excluding carboxylic acids is 1. The average Bonchev–Trinajstić information content (AvgIpc) is 2.44. The number of carbonyl (C=O) groups is 1. The van der Waals surface area contributed by atoms with Gasteiger partial charge >= 0.3 is 5.97 Å².